The monoisotopic (exact) mass is 378 g/mol. The molecule has 0 radical (unpaired) electrons. The number of ether oxygens (including phenoxy) is 1. The van der Waals surface area contributed by atoms with Crippen LogP contribution in [0.15, 0.2) is 60.7 Å². The molecule has 1 N–H and O–H groups in total. The van der Waals surface area contributed by atoms with Gasteiger partial charge in [0, 0.05) is 18.5 Å². The summed E-state index contributed by atoms with van der Waals surface area (Å²) in [6, 6.07) is 19.1. The summed E-state index contributed by atoms with van der Waals surface area (Å²) in [6.07, 6.45) is 0.755. The molecule has 2 aromatic carbocycles. The Morgan fingerprint density at radius 3 is 2.39 bits per heavy atom. The van der Waals surface area contributed by atoms with E-state index in [0.29, 0.717) is 25.4 Å². The minimum atomic E-state index is -0.379. The molecular weight excluding hydrogens is 356 g/mol. The van der Waals surface area contributed by atoms with Crippen LogP contribution in [0.1, 0.15) is 30.4 Å². The molecule has 0 aliphatic rings. The summed E-state index contributed by atoms with van der Waals surface area (Å²) < 4.78 is 6.53. The van der Waals surface area contributed by atoms with Crippen LogP contribution in [0.5, 0.6) is 0 Å². The third-order valence-electron chi connectivity index (χ3n) is 3.99. The maximum Gasteiger partial charge on any atom is 0.305 e. The van der Waals surface area contributed by atoms with Crippen molar-refractivity contribution < 1.29 is 14.3 Å². The molecule has 1 amide bonds. The third-order valence-corrected chi connectivity index (χ3v) is 3.99. The fourth-order valence-corrected chi connectivity index (χ4v) is 2.68. The van der Waals surface area contributed by atoms with Gasteiger partial charge >= 0.3 is 5.97 Å². The number of amides is 1. The fraction of sp³-hybridized carbons (Fsp3) is 0.238. The molecule has 0 saturated carbocycles. The van der Waals surface area contributed by atoms with Crippen LogP contribution in [0.2, 0.25) is 0 Å². The van der Waals surface area contributed by atoms with E-state index in [1.54, 1.807) is 11.6 Å². The average molecular weight is 378 g/mol. The van der Waals surface area contributed by atoms with Gasteiger partial charge in [0.1, 0.15) is 0 Å². The van der Waals surface area contributed by atoms with Gasteiger partial charge in [-0.25, -0.2) is 9.67 Å². The molecule has 3 rings (SSSR count). The first kappa shape index (κ1) is 19.3. The van der Waals surface area contributed by atoms with Gasteiger partial charge < -0.3 is 10.1 Å². The number of nitrogens with one attached hydrogen (secondary N) is 1. The molecule has 0 saturated heterocycles. The Morgan fingerprint density at radius 1 is 1.04 bits per heavy atom. The maximum atomic E-state index is 12.5. The Kier molecular flexibility index (Phi) is 6.51. The second-order valence-electron chi connectivity index (χ2n) is 6.04. The summed E-state index contributed by atoms with van der Waals surface area (Å²) in [7, 11) is 0. The van der Waals surface area contributed by atoms with E-state index in [9.17, 15) is 9.59 Å². The van der Waals surface area contributed by atoms with E-state index in [4.69, 9.17) is 4.74 Å². The van der Waals surface area contributed by atoms with Gasteiger partial charge in [-0.05, 0) is 25.5 Å². The lowest BCUT2D eigenvalue weighted by Gasteiger charge is -2.05. The van der Waals surface area contributed by atoms with E-state index in [2.05, 4.69) is 15.4 Å². The number of para-hydroxylation sites is 1. The molecule has 0 unspecified atom stereocenters. The Bertz CT molecular complexity index is 866. The first-order chi connectivity index (χ1) is 13.7. The zero-order valence-electron chi connectivity index (χ0n) is 15.7. The van der Waals surface area contributed by atoms with Crippen molar-refractivity contribution in [3.05, 3.63) is 66.5 Å². The lowest BCUT2D eigenvalue weighted by molar-refractivity contribution is -0.143. The highest BCUT2D eigenvalue weighted by atomic mass is 16.5. The Hall–Kier alpha value is -3.48. The summed E-state index contributed by atoms with van der Waals surface area (Å²) in [5.74, 6) is 0.0210. The number of hydrogen-bond donors (Lipinski definition) is 1. The molecule has 0 fully saturated rings. The smallest absolute Gasteiger partial charge is 0.305 e. The van der Waals surface area contributed by atoms with Gasteiger partial charge in [-0.3, -0.25) is 9.59 Å². The summed E-state index contributed by atoms with van der Waals surface area (Å²) in [5, 5.41) is 7.16. The maximum absolute atomic E-state index is 12.5. The standard InChI is InChI=1S/C21H22N4O3/c1-2-28-18(26)14-9-15-22-21(27)19-23-20(16-10-5-3-6-11-16)25(24-19)17-12-7-4-8-13-17/h3-8,10-13H,2,9,14-15H2,1H3,(H,22,27). The molecular formula is C21H22N4O3. The zero-order chi connectivity index (χ0) is 19.8. The van der Waals surface area contributed by atoms with Crippen molar-refractivity contribution in [2.24, 2.45) is 0 Å². The van der Waals surface area contributed by atoms with Crippen LogP contribution in [0, 0.1) is 0 Å². The summed E-state index contributed by atoms with van der Waals surface area (Å²) >= 11 is 0. The summed E-state index contributed by atoms with van der Waals surface area (Å²) in [6.45, 7) is 2.46. The molecule has 0 bridgehead atoms. The lowest BCUT2D eigenvalue weighted by atomic mass is 10.2. The number of esters is 1. The van der Waals surface area contributed by atoms with Crippen LogP contribution < -0.4 is 5.32 Å². The van der Waals surface area contributed by atoms with Crippen molar-refractivity contribution in [2.45, 2.75) is 19.8 Å². The van der Waals surface area contributed by atoms with Crippen LogP contribution in [0.25, 0.3) is 17.1 Å². The van der Waals surface area contributed by atoms with Crippen molar-refractivity contribution in [3.63, 3.8) is 0 Å². The van der Waals surface area contributed by atoms with Gasteiger partial charge in [-0.2, -0.15) is 0 Å². The normalized spacial score (nSPS) is 10.5. The largest absolute Gasteiger partial charge is 0.466 e. The first-order valence-electron chi connectivity index (χ1n) is 9.20. The van der Waals surface area contributed by atoms with Gasteiger partial charge in [0.2, 0.25) is 5.82 Å². The Labute approximate surface area is 163 Å². The number of hydrogen-bond acceptors (Lipinski definition) is 5. The second-order valence-corrected chi connectivity index (χ2v) is 6.04. The van der Waals surface area contributed by atoms with Crippen molar-refractivity contribution in [1.29, 1.82) is 0 Å². The molecule has 7 nitrogen and oxygen atoms in total. The van der Waals surface area contributed by atoms with Gasteiger partial charge in [-0.1, -0.05) is 48.5 Å². The quantitative estimate of drug-likeness (QED) is 0.481. The summed E-state index contributed by atoms with van der Waals surface area (Å²) in [5.41, 5.74) is 1.68. The highest BCUT2D eigenvalue weighted by molar-refractivity contribution is 5.91. The number of carbonyl (C=O) groups excluding carboxylic acids is 2. The molecule has 28 heavy (non-hydrogen) atoms. The minimum absolute atomic E-state index is 0.0823. The molecule has 144 valence electrons. The zero-order valence-corrected chi connectivity index (χ0v) is 15.7. The van der Waals surface area contributed by atoms with Crippen molar-refractivity contribution in [2.75, 3.05) is 13.2 Å². The third kappa shape index (κ3) is 4.82. The van der Waals surface area contributed by atoms with Crippen molar-refractivity contribution in [3.8, 4) is 17.1 Å². The van der Waals surface area contributed by atoms with Gasteiger partial charge in [0.25, 0.3) is 5.91 Å². The lowest BCUT2D eigenvalue weighted by Crippen LogP contribution is -2.26. The molecule has 0 aliphatic carbocycles. The SMILES string of the molecule is CCOC(=O)CCCNC(=O)c1nc(-c2ccccc2)n(-c2ccccc2)n1. The van der Waals surface area contributed by atoms with E-state index in [1.807, 2.05) is 60.7 Å². The average Bonchev–Trinajstić information content (AvgIpc) is 3.18. The Morgan fingerprint density at radius 2 is 1.71 bits per heavy atom. The van der Waals surface area contributed by atoms with Gasteiger partial charge in [0.15, 0.2) is 5.82 Å². The van der Waals surface area contributed by atoms with Crippen LogP contribution in [0.3, 0.4) is 0 Å². The molecule has 0 atom stereocenters. The molecule has 1 heterocycles. The first-order valence-corrected chi connectivity index (χ1v) is 9.20. The Balaban J connectivity index is 1.76. The second kappa shape index (κ2) is 9.45. The molecule has 0 spiro atoms. The number of nitrogens with zero attached hydrogens (tertiary/aromatic N) is 3. The van der Waals surface area contributed by atoms with Crippen LogP contribution in [0.4, 0.5) is 0 Å². The topological polar surface area (TPSA) is 86.1 Å². The molecule has 7 heteroatoms. The van der Waals surface area contributed by atoms with Crippen molar-refractivity contribution >= 4 is 11.9 Å². The fourth-order valence-electron chi connectivity index (χ4n) is 2.68. The predicted octanol–water partition coefficient (Wildman–Crippen LogP) is 3.01. The van der Waals surface area contributed by atoms with Crippen LogP contribution >= 0.6 is 0 Å². The van der Waals surface area contributed by atoms with Crippen LogP contribution in [-0.2, 0) is 9.53 Å². The molecule has 0 aliphatic heterocycles. The highest BCUT2D eigenvalue weighted by Crippen LogP contribution is 2.20. The van der Waals surface area contributed by atoms with Crippen molar-refractivity contribution in [1.82, 2.24) is 20.1 Å². The predicted molar refractivity (Wildman–Crippen MR) is 105 cm³/mol. The van der Waals surface area contributed by atoms with E-state index >= 15 is 0 Å². The summed E-state index contributed by atoms with van der Waals surface area (Å²) in [4.78, 5) is 28.3. The van der Waals surface area contributed by atoms with E-state index in [-0.39, 0.29) is 24.1 Å². The van der Waals surface area contributed by atoms with Gasteiger partial charge in [-0.15, -0.1) is 5.10 Å². The highest BCUT2D eigenvalue weighted by Gasteiger charge is 2.18. The van der Waals surface area contributed by atoms with E-state index in [1.165, 1.54) is 0 Å². The van der Waals surface area contributed by atoms with E-state index < -0.39 is 0 Å². The number of aromatic nitrogens is 3. The number of benzene rings is 2. The number of carbonyl (C=O) groups is 2. The minimum Gasteiger partial charge on any atom is -0.466 e. The van der Waals surface area contributed by atoms with Crippen LogP contribution in [-0.4, -0.2) is 39.8 Å². The molecule has 1 aromatic heterocycles. The van der Waals surface area contributed by atoms with E-state index in [0.717, 1.165) is 11.3 Å². The molecule has 3 aromatic rings. The number of rotatable bonds is 8. The van der Waals surface area contributed by atoms with Gasteiger partial charge in [0.05, 0.1) is 12.3 Å².